The van der Waals surface area contributed by atoms with Crippen molar-refractivity contribution in [3.8, 4) is 11.5 Å². The number of nitrogens with zero attached hydrogens (tertiary/aromatic N) is 2. The van der Waals surface area contributed by atoms with Gasteiger partial charge in [-0.3, -0.25) is 14.5 Å². The lowest BCUT2D eigenvalue weighted by Crippen LogP contribution is -2.43. The van der Waals surface area contributed by atoms with E-state index in [0.717, 1.165) is 5.56 Å². The number of rotatable bonds is 6. The maximum absolute atomic E-state index is 12.6. The predicted octanol–water partition coefficient (Wildman–Crippen LogP) is 2.54. The highest BCUT2D eigenvalue weighted by atomic mass is 32.2. The van der Waals surface area contributed by atoms with E-state index < -0.39 is 0 Å². The number of hydrogen-bond donors (Lipinski definition) is 0. The van der Waals surface area contributed by atoms with Gasteiger partial charge in [-0.05, 0) is 37.6 Å². The minimum Gasteiger partial charge on any atom is -0.493 e. The normalized spacial score (nSPS) is 18.7. The molecular weight excluding hydrogens is 412 g/mol. The Morgan fingerprint density at radius 3 is 2.66 bits per heavy atom. The van der Waals surface area contributed by atoms with E-state index in [1.807, 2.05) is 19.9 Å². The first-order chi connectivity index (χ1) is 13.9. The van der Waals surface area contributed by atoms with Crippen LogP contribution in [0.5, 0.6) is 11.5 Å². The SMILES string of the molecule is COc1cc(/C=C2\SC(=S)N(C(C)C)C2=O)ccc1OCC(=O)N1CCOCC1. The maximum atomic E-state index is 12.6. The molecule has 2 aliphatic heterocycles. The van der Waals surface area contributed by atoms with Crippen LogP contribution < -0.4 is 9.47 Å². The van der Waals surface area contributed by atoms with Gasteiger partial charge in [-0.1, -0.05) is 30.0 Å². The second-order valence-electron chi connectivity index (χ2n) is 6.84. The molecule has 0 saturated carbocycles. The van der Waals surface area contributed by atoms with Crippen LogP contribution in [0.25, 0.3) is 6.08 Å². The van der Waals surface area contributed by atoms with Gasteiger partial charge < -0.3 is 19.1 Å². The molecule has 0 atom stereocenters. The zero-order valence-corrected chi connectivity index (χ0v) is 18.3. The zero-order valence-electron chi connectivity index (χ0n) is 16.7. The van der Waals surface area contributed by atoms with Crippen molar-refractivity contribution in [1.29, 1.82) is 0 Å². The van der Waals surface area contributed by atoms with Crippen molar-refractivity contribution >= 4 is 46.2 Å². The van der Waals surface area contributed by atoms with Crippen LogP contribution in [-0.4, -0.2) is 72.0 Å². The number of benzene rings is 1. The Kier molecular flexibility index (Phi) is 7.15. The molecule has 3 rings (SSSR count). The number of thioether (sulfide) groups is 1. The molecule has 1 aromatic carbocycles. The van der Waals surface area contributed by atoms with E-state index in [0.29, 0.717) is 47.0 Å². The summed E-state index contributed by atoms with van der Waals surface area (Å²) in [4.78, 5) is 28.7. The molecule has 9 heteroatoms. The minimum absolute atomic E-state index is 0.0164. The third kappa shape index (κ3) is 5.09. The van der Waals surface area contributed by atoms with Crippen molar-refractivity contribution in [2.75, 3.05) is 40.0 Å². The van der Waals surface area contributed by atoms with Gasteiger partial charge in [0, 0.05) is 19.1 Å². The molecule has 156 valence electrons. The number of morpholine rings is 1. The summed E-state index contributed by atoms with van der Waals surface area (Å²) in [5, 5.41) is 0. The van der Waals surface area contributed by atoms with Crippen molar-refractivity contribution < 1.29 is 23.8 Å². The molecule has 0 spiro atoms. The lowest BCUT2D eigenvalue weighted by molar-refractivity contribution is -0.137. The van der Waals surface area contributed by atoms with Crippen LogP contribution in [0.4, 0.5) is 0 Å². The summed E-state index contributed by atoms with van der Waals surface area (Å²) in [6.07, 6.45) is 1.78. The Morgan fingerprint density at radius 2 is 2.03 bits per heavy atom. The van der Waals surface area contributed by atoms with Crippen LogP contribution in [0.3, 0.4) is 0 Å². The Morgan fingerprint density at radius 1 is 1.31 bits per heavy atom. The van der Waals surface area contributed by atoms with Crippen molar-refractivity contribution in [3.05, 3.63) is 28.7 Å². The van der Waals surface area contributed by atoms with E-state index in [2.05, 4.69) is 0 Å². The second-order valence-corrected chi connectivity index (χ2v) is 8.51. The van der Waals surface area contributed by atoms with Crippen molar-refractivity contribution in [2.45, 2.75) is 19.9 Å². The lowest BCUT2D eigenvalue weighted by atomic mass is 10.1. The fourth-order valence-electron chi connectivity index (χ4n) is 3.01. The number of amides is 2. The van der Waals surface area contributed by atoms with Crippen LogP contribution in [-0.2, 0) is 14.3 Å². The fraction of sp³-hybridized carbons (Fsp3) is 0.450. The molecule has 0 aliphatic carbocycles. The first-order valence-electron chi connectivity index (χ1n) is 9.34. The van der Waals surface area contributed by atoms with Crippen LogP contribution in [0.1, 0.15) is 19.4 Å². The van der Waals surface area contributed by atoms with Crippen LogP contribution in [0.2, 0.25) is 0 Å². The Bertz CT molecular complexity index is 834. The van der Waals surface area contributed by atoms with Gasteiger partial charge in [0.25, 0.3) is 11.8 Å². The number of thiocarbonyl (C=S) groups is 1. The van der Waals surface area contributed by atoms with Gasteiger partial charge >= 0.3 is 0 Å². The van der Waals surface area contributed by atoms with Crippen LogP contribution >= 0.6 is 24.0 Å². The molecule has 0 unspecified atom stereocenters. The van der Waals surface area contributed by atoms with E-state index in [1.54, 1.807) is 28.0 Å². The third-order valence-corrected chi connectivity index (χ3v) is 5.87. The highest BCUT2D eigenvalue weighted by Gasteiger charge is 2.33. The van der Waals surface area contributed by atoms with E-state index in [1.165, 1.54) is 18.9 Å². The van der Waals surface area contributed by atoms with Gasteiger partial charge in [-0.15, -0.1) is 0 Å². The smallest absolute Gasteiger partial charge is 0.266 e. The largest absolute Gasteiger partial charge is 0.493 e. The minimum atomic E-state index is -0.0922. The van der Waals surface area contributed by atoms with Crippen molar-refractivity contribution in [2.24, 2.45) is 0 Å². The highest BCUT2D eigenvalue weighted by Crippen LogP contribution is 2.35. The average Bonchev–Trinajstić information content (AvgIpc) is 3.00. The summed E-state index contributed by atoms with van der Waals surface area (Å²) >= 11 is 6.60. The molecule has 0 radical (unpaired) electrons. The summed E-state index contributed by atoms with van der Waals surface area (Å²) in [7, 11) is 1.54. The predicted molar refractivity (Wildman–Crippen MR) is 116 cm³/mol. The Hall–Kier alpha value is -2.10. The van der Waals surface area contributed by atoms with Gasteiger partial charge in [0.15, 0.2) is 18.1 Å². The van der Waals surface area contributed by atoms with E-state index in [9.17, 15) is 9.59 Å². The van der Waals surface area contributed by atoms with Gasteiger partial charge in [0.1, 0.15) is 4.32 Å². The second kappa shape index (κ2) is 9.60. The number of carbonyl (C=O) groups is 2. The molecule has 7 nitrogen and oxygen atoms in total. The van der Waals surface area contributed by atoms with Gasteiger partial charge in [0.2, 0.25) is 0 Å². The summed E-state index contributed by atoms with van der Waals surface area (Å²) in [5.41, 5.74) is 0.790. The molecular formula is C20H24N2O5S2. The fourth-order valence-corrected chi connectivity index (χ4v) is 4.54. The van der Waals surface area contributed by atoms with Crippen molar-refractivity contribution in [1.82, 2.24) is 9.80 Å². The number of methoxy groups -OCH3 is 1. The molecule has 0 bridgehead atoms. The number of ether oxygens (including phenoxy) is 3. The Labute approximate surface area is 180 Å². The topological polar surface area (TPSA) is 68.3 Å². The summed E-state index contributed by atoms with van der Waals surface area (Å²) in [6.45, 7) is 6.05. The molecule has 0 N–H and O–H groups in total. The van der Waals surface area contributed by atoms with Crippen molar-refractivity contribution in [3.63, 3.8) is 0 Å². The maximum Gasteiger partial charge on any atom is 0.266 e. The Balaban J connectivity index is 1.69. The average molecular weight is 437 g/mol. The number of hydrogen-bond acceptors (Lipinski definition) is 7. The van der Waals surface area contributed by atoms with Gasteiger partial charge in [-0.25, -0.2) is 0 Å². The van der Waals surface area contributed by atoms with E-state index in [-0.39, 0.29) is 24.5 Å². The monoisotopic (exact) mass is 436 g/mol. The van der Waals surface area contributed by atoms with Crippen LogP contribution in [0.15, 0.2) is 23.1 Å². The van der Waals surface area contributed by atoms with E-state index in [4.69, 9.17) is 26.4 Å². The molecule has 2 saturated heterocycles. The molecule has 2 heterocycles. The number of carbonyl (C=O) groups excluding carboxylic acids is 2. The molecule has 2 aliphatic rings. The zero-order chi connectivity index (χ0) is 21.0. The van der Waals surface area contributed by atoms with Crippen LogP contribution in [0, 0.1) is 0 Å². The van der Waals surface area contributed by atoms with E-state index >= 15 is 0 Å². The molecule has 2 fully saturated rings. The first-order valence-corrected chi connectivity index (χ1v) is 10.6. The quantitative estimate of drug-likeness (QED) is 0.501. The first kappa shape index (κ1) is 21.6. The van der Waals surface area contributed by atoms with Gasteiger partial charge in [-0.2, -0.15) is 0 Å². The summed E-state index contributed by atoms with van der Waals surface area (Å²) in [5.74, 6) is 0.788. The lowest BCUT2D eigenvalue weighted by Gasteiger charge is -2.26. The molecule has 1 aromatic rings. The molecule has 29 heavy (non-hydrogen) atoms. The summed E-state index contributed by atoms with van der Waals surface area (Å²) in [6, 6.07) is 5.35. The standard InChI is InChI=1S/C20H24N2O5S2/c1-13(2)22-19(24)17(29-20(22)28)11-14-4-5-15(16(10-14)25-3)27-12-18(23)21-6-8-26-9-7-21/h4-5,10-11,13H,6-9,12H2,1-3H3/b17-11-. The molecule has 0 aromatic heterocycles. The summed E-state index contributed by atoms with van der Waals surface area (Å²) < 4.78 is 16.9. The highest BCUT2D eigenvalue weighted by molar-refractivity contribution is 8.26. The molecule has 2 amide bonds. The van der Waals surface area contributed by atoms with Gasteiger partial charge in [0.05, 0.1) is 25.2 Å². The third-order valence-electron chi connectivity index (χ3n) is 4.54.